The van der Waals surface area contributed by atoms with E-state index in [1.165, 1.54) is 36.3 Å². The summed E-state index contributed by atoms with van der Waals surface area (Å²) < 4.78 is 30.6. The molecule has 2 aliphatic heterocycles. The van der Waals surface area contributed by atoms with Gasteiger partial charge in [-0.2, -0.15) is 0 Å². The Labute approximate surface area is 251 Å². The molecular weight excluding hydrogens is 569 g/mol. The van der Waals surface area contributed by atoms with E-state index in [0.29, 0.717) is 34.2 Å². The number of Topliss-reactive ketones (excluding diaryl/α,β-unsaturated/α-hetero) is 1. The molecule has 3 amide bonds. The average molecular weight is 596 g/mol. The van der Waals surface area contributed by atoms with Gasteiger partial charge in [-0.15, -0.1) is 0 Å². The highest BCUT2D eigenvalue weighted by atomic mass is 19.1. The predicted molar refractivity (Wildman–Crippen MR) is 157 cm³/mol. The van der Waals surface area contributed by atoms with Crippen LogP contribution in [0.15, 0.2) is 91.0 Å². The van der Waals surface area contributed by atoms with E-state index in [9.17, 15) is 23.6 Å². The van der Waals surface area contributed by atoms with E-state index in [0.717, 1.165) is 4.90 Å². The largest absolute Gasteiger partial charge is 0.497 e. The van der Waals surface area contributed by atoms with Crippen LogP contribution in [0, 0.1) is 5.82 Å². The summed E-state index contributed by atoms with van der Waals surface area (Å²) >= 11 is 0. The molecular formula is C33H26FN3O7. The van der Waals surface area contributed by atoms with Crippen LogP contribution in [0.4, 0.5) is 15.8 Å². The minimum Gasteiger partial charge on any atom is -0.497 e. The van der Waals surface area contributed by atoms with Gasteiger partial charge in [-0.1, -0.05) is 36.4 Å². The fraction of sp³-hybridized carbons (Fsp3) is 0.152. The zero-order valence-corrected chi connectivity index (χ0v) is 23.5. The third kappa shape index (κ3) is 5.54. The second-order valence-electron chi connectivity index (χ2n) is 10.1. The van der Waals surface area contributed by atoms with Gasteiger partial charge in [0.2, 0.25) is 12.7 Å². The van der Waals surface area contributed by atoms with Gasteiger partial charge in [0.25, 0.3) is 17.6 Å². The van der Waals surface area contributed by atoms with Gasteiger partial charge in [-0.3, -0.25) is 24.1 Å². The maximum atomic E-state index is 14.6. The molecule has 0 saturated carbocycles. The molecule has 4 aromatic carbocycles. The Morgan fingerprint density at radius 2 is 1.73 bits per heavy atom. The summed E-state index contributed by atoms with van der Waals surface area (Å²) in [5, 5.41) is 2.81. The summed E-state index contributed by atoms with van der Waals surface area (Å²) in [6.07, 6.45) is 0. The number of nitrogens with one attached hydrogen (secondary N) is 1. The van der Waals surface area contributed by atoms with Gasteiger partial charge in [0.05, 0.1) is 18.4 Å². The zero-order valence-electron chi connectivity index (χ0n) is 23.5. The molecule has 6 rings (SSSR count). The fourth-order valence-electron chi connectivity index (χ4n) is 5.22. The number of hydrogen-bond acceptors (Lipinski definition) is 7. The van der Waals surface area contributed by atoms with Crippen LogP contribution in [-0.2, 0) is 20.9 Å². The van der Waals surface area contributed by atoms with E-state index in [2.05, 4.69) is 5.32 Å². The average Bonchev–Trinajstić information content (AvgIpc) is 3.59. The lowest BCUT2D eigenvalue weighted by molar-refractivity contribution is -0.139. The Hall–Kier alpha value is -5.71. The standard InChI is InChI=1S/C33H26FN3O7/c1-42-24-12-9-20(10-13-24)17-37(29(38)18-36-26-8-3-2-7-25(26)31(39)33(36)41)30(21-5-4-6-22(34)15-21)32(40)35-23-11-14-27-28(16-23)44-19-43-27/h2-16,30H,17-19H2,1H3,(H,35,40). The SMILES string of the molecule is COc1ccc(CN(C(=O)CN2C(=O)C(=O)c3ccccc32)C(C(=O)Nc2ccc3c(c2)OCO3)c2cccc(F)c2)cc1. The number of para-hydroxylation sites is 1. The predicted octanol–water partition coefficient (Wildman–Crippen LogP) is 4.50. The van der Waals surface area contributed by atoms with Crippen LogP contribution in [0.1, 0.15) is 27.5 Å². The van der Waals surface area contributed by atoms with Crippen molar-refractivity contribution in [3.8, 4) is 17.2 Å². The monoisotopic (exact) mass is 595 g/mol. The molecule has 2 heterocycles. The fourth-order valence-corrected chi connectivity index (χ4v) is 5.22. The van der Waals surface area contributed by atoms with Gasteiger partial charge in [0.1, 0.15) is 24.2 Å². The first-order valence-electron chi connectivity index (χ1n) is 13.7. The number of ketones is 1. The number of nitrogens with zero attached hydrogens (tertiary/aromatic N) is 2. The Bertz CT molecular complexity index is 1780. The number of anilines is 2. The van der Waals surface area contributed by atoms with E-state index in [1.54, 1.807) is 66.7 Å². The number of fused-ring (bicyclic) bond motifs is 2. The van der Waals surface area contributed by atoms with Crippen molar-refractivity contribution in [1.29, 1.82) is 0 Å². The third-order valence-corrected chi connectivity index (χ3v) is 7.37. The molecule has 4 aromatic rings. The number of hydrogen-bond donors (Lipinski definition) is 1. The first-order valence-corrected chi connectivity index (χ1v) is 13.7. The quantitative estimate of drug-likeness (QED) is 0.284. The van der Waals surface area contributed by atoms with Crippen molar-refractivity contribution in [3.63, 3.8) is 0 Å². The molecule has 11 heteroatoms. The number of methoxy groups -OCH3 is 1. The van der Waals surface area contributed by atoms with E-state index < -0.39 is 41.9 Å². The van der Waals surface area contributed by atoms with Crippen LogP contribution in [0.5, 0.6) is 17.2 Å². The van der Waals surface area contributed by atoms with Gasteiger partial charge in [0, 0.05) is 18.3 Å². The van der Waals surface area contributed by atoms with Crippen molar-refractivity contribution in [2.75, 3.05) is 30.7 Å². The molecule has 1 N–H and O–H groups in total. The Morgan fingerprint density at radius 3 is 2.50 bits per heavy atom. The molecule has 44 heavy (non-hydrogen) atoms. The van der Waals surface area contributed by atoms with E-state index >= 15 is 0 Å². The van der Waals surface area contributed by atoms with Gasteiger partial charge in [0.15, 0.2) is 11.5 Å². The highest BCUT2D eigenvalue weighted by Crippen LogP contribution is 2.35. The van der Waals surface area contributed by atoms with Crippen molar-refractivity contribution in [1.82, 2.24) is 4.90 Å². The first kappa shape index (κ1) is 28.4. The lowest BCUT2D eigenvalue weighted by Gasteiger charge is -2.33. The second kappa shape index (κ2) is 11.9. The molecule has 0 fully saturated rings. The molecule has 222 valence electrons. The summed E-state index contributed by atoms with van der Waals surface area (Å²) in [5.74, 6) is -1.91. The maximum Gasteiger partial charge on any atom is 0.299 e. The summed E-state index contributed by atoms with van der Waals surface area (Å²) in [4.78, 5) is 56.2. The highest BCUT2D eigenvalue weighted by molar-refractivity contribution is 6.52. The van der Waals surface area contributed by atoms with Crippen LogP contribution in [0.25, 0.3) is 0 Å². The first-order chi connectivity index (χ1) is 21.3. The molecule has 2 aliphatic rings. The van der Waals surface area contributed by atoms with Gasteiger partial charge in [-0.05, 0) is 59.7 Å². The molecule has 0 aromatic heterocycles. The highest BCUT2D eigenvalue weighted by Gasteiger charge is 2.39. The second-order valence-corrected chi connectivity index (χ2v) is 10.1. The topological polar surface area (TPSA) is 114 Å². The Balaban J connectivity index is 1.39. The zero-order chi connectivity index (χ0) is 30.8. The number of ether oxygens (including phenoxy) is 3. The van der Waals surface area contributed by atoms with Crippen molar-refractivity contribution in [2.45, 2.75) is 12.6 Å². The summed E-state index contributed by atoms with van der Waals surface area (Å²) in [6.45, 7) is -0.569. The molecule has 0 radical (unpaired) electrons. The number of benzene rings is 4. The van der Waals surface area contributed by atoms with Crippen molar-refractivity contribution in [2.24, 2.45) is 0 Å². The number of halogens is 1. The molecule has 1 atom stereocenters. The van der Waals surface area contributed by atoms with Crippen LogP contribution in [0.2, 0.25) is 0 Å². The van der Waals surface area contributed by atoms with Crippen molar-refractivity contribution >= 4 is 34.9 Å². The van der Waals surface area contributed by atoms with E-state index in [1.807, 2.05) is 0 Å². The Kier molecular flexibility index (Phi) is 7.67. The van der Waals surface area contributed by atoms with Crippen molar-refractivity contribution in [3.05, 3.63) is 114 Å². The van der Waals surface area contributed by atoms with Crippen LogP contribution in [-0.4, -0.2) is 48.9 Å². The van der Waals surface area contributed by atoms with Gasteiger partial charge >= 0.3 is 0 Å². The van der Waals surface area contributed by atoms with E-state index in [-0.39, 0.29) is 24.5 Å². The third-order valence-electron chi connectivity index (χ3n) is 7.37. The molecule has 0 spiro atoms. The minimum atomic E-state index is -1.34. The molecule has 0 bridgehead atoms. The van der Waals surface area contributed by atoms with Crippen LogP contribution >= 0.6 is 0 Å². The van der Waals surface area contributed by atoms with Gasteiger partial charge < -0.3 is 24.4 Å². The molecule has 1 unspecified atom stereocenters. The minimum absolute atomic E-state index is 0.0453. The lowest BCUT2D eigenvalue weighted by atomic mass is 10.0. The van der Waals surface area contributed by atoms with Crippen LogP contribution < -0.4 is 24.4 Å². The smallest absolute Gasteiger partial charge is 0.299 e. The number of rotatable bonds is 9. The maximum absolute atomic E-state index is 14.6. The molecule has 0 aliphatic carbocycles. The molecule has 0 saturated heterocycles. The summed E-state index contributed by atoms with van der Waals surface area (Å²) in [7, 11) is 1.53. The van der Waals surface area contributed by atoms with Gasteiger partial charge in [-0.25, -0.2) is 4.39 Å². The summed E-state index contributed by atoms with van der Waals surface area (Å²) in [6, 6.07) is 22.2. The number of amides is 3. The normalized spacial score (nSPS) is 13.8. The van der Waals surface area contributed by atoms with Crippen molar-refractivity contribution < 1.29 is 37.8 Å². The molecule has 10 nitrogen and oxygen atoms in total. The Morgan fingerprint density at radius 1 is 0.955 bits per heavy atom. The summed E-state index contributed by atoms with van der Waals surface area (Å²) in [5.41, 5.74) is 1.70. The van der Waals surface area contributed by atoms with E-state index in [4.69, 9.17) is 14.2 Å². The number of carbonyl (C=O) groups excluding carboxylic acids is 4. The van der Waals surface area contributed by atoms with Crippen LogP contribution in [0.3, 0.4) is 0 Å². The number of carbonyl (C=O) groups is 4. The lowest BCUT2D eigenvalue weighted by Crippen LogP contribution is -2.46.